The number of rotatable bonds is 4. The highest BCUT2D eigenvalue weighted by Crippen LogP contribution is 2.14. The van der Waals surface area contributed by atoms with Crippen molar-refractivity contribution in [1.29, 1.82) is 0 Å². The van der Waals surface area contributed by atoms with Gasteiger partial charge in [-0.05, 0) is 30.2 Å². The minimum absolute atomic E-state index is 0.402. The Hall–Kier alpha value is -1.71. The molecule has 2 N–H and O–H groups in total. The van der Waals surface area contributed by atoms with Crippen LogP contribution in [-0.4, -0.2) is 11.5 Å². The maximum Gasteiger partial charge on any atom is 0.129 e. The van der Waals surface area contributed by atoms with E-state index in [1.165, 1.54) is 0 Å². The molecule has 0 saturated carbocycles. The predicted molar refractivity (Wildman–Crippen MR) is 61.3 cm³/mol. The van der Waals surface area contributed by atoms with Crippen molar-refractivity contribution in [2.75, 3.05) is 12.3 Å². The van der Waals surface area contributed by atoms with Gasteiger partial charge >= 0.3 is 0 Å². The van der Waals surface area contributed by atoms with Crippen LogP contribution in [0.25, 0.3) is 16.5 Å². The number of aromatic nitrogens is 1. The van der Waals surface area contributed by atoms with Crippen LogP contribution in [0.1, 0.15) is 12.1 Å². The number of pyridine rings is 1. The van der Waals surface area contributed by atoms with Gasteiger partial charge < -0.3 is 5.73 Å². The van der Waals surface area contributed by atoms with E-state index in [9.17, 15) is 0 Å². The van der Waals surface area contributed by atoms with Crippen molar-refractivity contribution in [2.45, 2.75) is 6.42 Å². The summed E-state index contributed by atoms with van der Waals surface area (Å²) in [5.41, 5.74) is 14.9. The first kappa shape index (κ1) is 11.4. The second kappa shape index (κ2) is 5.90. The number of hydrogen-bond donors (Lipinski definition) is 1. The monoisotopic (exact) mass is 223 g/mol. The number of halogens is 1. The summed E-state index contributed by atoms with van der Waals surface area (Å²) in [6.45, 7) is 0.424. The summed E-state index contributed by atoms with van der Waals surface area (Å²) in [5, 5.41) is 3.80. The Morgan fingerprint density at radius 1 is 1.60 bits per heavy atom. The molecule has 1 aromatic rings. The molecule has 0 saturated heterocycles. The zero-order valence-electron chi connectivity index (χ0n) is 7.97. The van der Waals surface area contributed by atoms with Gasteiger partial charge in [0.05, 0.1) is 11.4 Å². The Bertz CT molecular complexity index is 409. The minimum Gasteiger partial charge on any atom is -0.397 e. The Kier molecular flexibility index (Phi) is 4.47. The number of hydrogen-bond acceptors (Lipinski definition) is 3. The van der Waals surface area contributed by atoms with Crippen molar-refractivity contribution in [3.05, 3.63) is 39.5 Å². The van der Waals surface area contributed by atoms with Gasteiger partial charge in [0.2, 0.25) is 0 Å². The molecule has 0 radical (unpaired) electrons. The molecule has 0 aliphatic heterocycles. The fraction of sp³-hybridized carbons (Fsp3) is 0.222. The van der Waals surface area contributed by atoms with Crippen LogP contribution < -0.4 is 5.73 Å². The van der Waals surface area contributed by atoms with Gasteiger partial charge in [-0.3, -0.25) is 0 Å². The van der Waals surface area contributed by atoms with Gasteiger partial charge in [0.1, 0.15) is 5.15 Å². The molecule has 0 unspecified atom stereocenters. The van der Waals surface area contributed by atoms with E-state index >= 15 is 0 Å². The molecule has 0 aliphatic carbocycles. The molecule has 6 heteroatoms. The molecule has 0 spiro atoms. The molecule has 78 valence electrons. The third-order valence-electron chi connectivity index (χ3n) is 1.66. The molecule has 15 heavy (non-hydrogen) atoms. The van der Waals surface area contributed by atoms with E-state index in [0.29, 0.717) is 29.5 Å². The van der Waals surface area contributed by atoms with Gasteiger partial charge in [-0.1, -0.05) is 22.8 Å². The van der Waals surface area contributed by atoms with Crippen LogP contribution in [0.4, 0.5) is 5.69 Å². The smallest absolute Gasteiger partial charge is 0.129 e. The highest BCUT2D eigenvalue weighted by Gasteiger charge is 1.96. The highest BCUT2D eigenvalue weighted by molar-refractivity contribution is 6.29. The van der Waals surface area contributed by atoms with Gasteiger partial charge in [0, 0.05) is 11.5 Å². The summed E-state index contributed by atoms with van der Waals surface area (Å²) in [6, 6.07) is 3.33. The van der Waals surface area contributed by atoms with Crippen LogP contribution in [0.2, 0.25) is 5.15 Å². The van der Waals surface area contributed by atoms with E-state index in [4.69, 9.17) is 22.9 Å². The third kappa shape index (κ3) is 3.89. The quantitative estimate of drug-likeness (QED) is 0.280. The van der Waals surface area contributed by atoms with E-state index < -0.39 is 0 Å². The van der Waals surface area contributed by atoms with Crippen LogP contribution in [0.5, 0.6) is 0 Å². The topological polar surface area (TPSA) is 87.7 Å². The lowest BCUT2D eigenvalue weighted by molar-refractivity contribution is 0.995. The van der Waals surface area contributed by atoms with Crippen molar-refractivity contribution in [3.63, 3.8) is 0 Å². The molecule has 1 rings (SSSR count). The van der Waals surface area contributed by atoms with E-state index in [0.717, 1.165) is 0 Å². The normalized spacial score (nSPS) is 10.2. The fourth-order valence-corrected chi connectivity index (χ4v) is 1.12. The molecule has 1 aromatic heterocycles. The lowest BCUT2D eigenvalue weighted by atomic mass is 10.2. The summed E-state index contributed by atoms with van der Waals surface area (Å²) in [6.07, 6.45) is 4.25. The van der Waals surface area contributed by atoms with E-state index in [1.807, 2.05) is 6.08 Å². The largest absolute Gasteiger partial charge is 0.397 e. The van der Waals surface area contributed by atoms with Gasteiger partial charge in [-0.25, -0.2) is 4.98 Å². The van der Waals surface area contributed by atoms with Gasteiger partial charge in [0.15, 0.2) is 0 Å². The summed E-state index contributed by atoms with van der Waals surface area (Å²) >= 11 is 5.71. The fourth-order valence-electron chi connectivity index (χ4n) is 0.966. The molecular formula is C9H10ClN5. The highest BCUT2D eigenvalue weighted by atomic mass is 35.5. The van der Waals surface area contributed by atoms with Crippen LogP contribution >= 0.6 is 11.6 Å². The summed E-state index contributed by atoms with van der Waals surface area (Å²) in [7, 11) is 0. The first-order valence-electron chi connectivity index (χ1n) is 4.33. The molecule has 0 bridgehead atoms. The van der Waals surface area contributed by atoms with Crippen molar-refractivity contribution in [1.82, 2.24) is 4.98 Å². The van der Waals surface area contributed by atoms with E-state index in [-0.39, 0.29) is 0 Å². The molecule has 0 aromatic carbocycles. The first-order valence-corrected chi connectivity index (χ1v) is 4.71. The van der Waals surface area contributed by atoms with E-state index in [2.05, 4.69) is 15.0 Å². The van der Waals surface area contributed by atoms with E-state index in [1.54, 1.807) is 18.2 Å². The molecular weight excluding hydrogens is 214 g/mol. The zero-order valence-corrected chi connectivity index (χ0v) is 8.72. The summed E-state index contributed by atoms with van der Waals surface area (Å²) < 4.78 is 0. The van der Waals surface area contributed by atoms with Gasteiger partial charge in [-0.2, -0.15) is 0 Å². The average molecular weight is 224 g/mol. The maximum absolute atomic E-state index is 8.05. The van der Waals surface area contributed by atoms with Crippen LogP contribution in [0, 0.1) is 0 Å². The second-order valence-electron chi connectivity index (χ2n) is 2.75. The first-order chi connectivity index (χ1) is 7.24. The molecule has 1 heterocycles. The number of nitrogens with zero attached hydrogens (tertiary/aromatic N) is 4. The van der Waals surface area contributed by atoms with Crippen molar-refractivity contribution >= 4 is 23.4 Å². The number of nitrogen functional groups attached to an aromatic ring is 1. The lowest BCUT2D eigenvalue weighted by Crippen LogP contribution is -1.92. The Morgan fingerprint density at radius 3 is 3.13 bits per heavy atom. The molecule has 0 amide bonds. The van der Waals surface area contributed by atoms with Crippen molar-refractivity contribution in [3.8, 4) is 0 Å². The predicted octanol–water partition coefficient (Wildman–Crippen LogP) is 3.03. The summed E-state index contributed by atoms with van der Waals surface area (Å²) in [4.78, 5) is 6.68. The number of anilines is 1. The summed E-state index contributed by atoms with van der Waals surface area (Å²) in [5.74, 6) is 0. The Balaban J connectivity index is 2.63. The SMILES string of the molecule is [N-]=[N+]=NCCC=Cc1nc(Cl)ccc1N. The van der Waals surface area contributed by atoms with Crippen molar-refractivity contribution in [2.24, 2.45) is 5.11 Å². The maximum atomic E-state index is 8.05. The Labute approximate surface area is 92.2 Å². The van der Waals surface area contributed by atoms with Crippen LogP contribution in [0.3, 0.4) is 0 Å². The van der Waals surface area contributed by atoms with Gasteiger partial charge in [0.25, 0.3) is 0 Å². The van der Waals surface area contributed by atoms with Crippen molar-refractivity contribution < 1.29 is 0 Å². The zero-order chi connectivity index (χ0) is 11.1. The van der Waals surface area contributed by atoms with Crippen LogP contribution in [-0.2, 0) is 0 Å². The molecule has 0 fully saturated rings. The molecule has 0 aliphatic rings. The van der Waals surface area contributed by atoms with Gasteiger partial charge in [-0.15, -0.1) is 0 Å². The lowest BCUT2D eigenvalue weighted by Gasteiger charge is -1.98. The molecule has 5 nitrogen and oxygen atoms in total. The number of azide groups is 1. The minimum atomic E-state index is 0.402. The number of nitrogens with two attached hydrogens (primary N) is 1. The third-order valence-corrected chi connectivity index (χ3v) is 1.87. The average Bonchev–Trinajstić information content (AvgIpc) is 2.23. The molecule has 0 atom stereocenters. The second-order valence-corrected chi connectivity index (χ2v) is 3.14. The standard InChI is InChI=1S/C9H10ClN5/c10-9-5-4-7(11)8(14-9)3-1-2-6-13-15-12/h1,3-5H,2,6,11H2. The van der Waals surface area contributed by atoms with Crippen LogP contribution in [0.15, 0.2) is 23.3 Å². The Morgan fingerprint density at radius 2 is 2.40 bits per heavy atom.